The van der Waals surface area contributed by atoms with Crippen LogP contribution in [-0.4, -0.2) is 14.5 Å². The summed E-state index contributed by atoms with van der Waals surface area (Å²) in [5.41, 5.74) is 3.15. The van der Waals surface area contributed by atoms with E-state index in [1.54, 1.807) is 24.7 Å². The van der Waals surface area contributed by atoms with E-state index < -0.39 is 0 Å². The molecule has 0 atom stereocenters. The molecule has 22 heavy (non-hydrogen) atoms. The molecule has 0 saturated heterocycles. The van der Waals surface area contributed by atoms with Crippen LogP contribution in [-0.2, 0) is 0 Å². The molecule has 108 valence electrons. The maximum Gasteiger partial charge on any atom is 0.336 e. The molecule has 0 aliphatic rings. The van der Waals surface area contributed by atoms with Gasteiger partial charge in [-0.3, -0.25) is 4.57 Å². The summed E-state index contributed by atoms with van der Waals surface area (Å²) in [5.74, 6) is 0. The number of hydrogen-bond acceptors (Lipinski definition) is 4. The molecule has 0 aliphatic carbocycles. The van der Waals surface area contributed by atoms with Crippen LogP contribution in [0.15, 0.2) is 52.1 Å². The quantitative estimate of drug-likeness (QED) is 0.505. The maximum atomic E-state index is 11.5. The normalized spacial score (nSPS) is 11.4. The number of nitrogens with zero attached hydrogens (tertiary/aromatic N) is 3. The molecule has 3 heterocycles. The molecule has 4 aromatic rings. The predicted molar refractivity (Wildman–Crippen MR) is 84.7 cm³/mol. The van der Waals surface area contributed by atoms with Crippen LogP contribution in [0.3, 0.4) is 0 Å². The van der Waals surface area contributed by atoms with Crippen LogP contribution >= 0.6 is 11.6 Å². The van der Waals surface area contributed by atoms with Crippen molar-refractivity contribution in [1.82, 2.24) is 14.5 Å². The van der Waals surface area contributed by atoms with E-state index in [0.717, 1.165) is 16.6 Å². The number of imidazole rings is 1. The first-order valence-corrected chi connectivity index (χ1v) is 7.04. The number of aromatic nitrogens is 3. The van der Waals surface area contributed by atoms with Crippen LogP contribution in [0.4, 0.5) is 0 Å². The number of benzene rings is 1. The number of pyridine rings is 1. The van der Waals surface area contributed by atoms with Crippen molar-refractivity contribution in [1.29, 1.82) is 0 Å². The van der Waals surface area contributed by atoms with E-state index in [4.69, 9.17) is 16.0 Å². The summed E-state index contributed by atoms with van der Waals surface area (Å²) in [5, 5.41) is 1.45. The van der Waals surface area contributed by atoms with Gasteiger partial charge >= 0.3 is 5.63 Å². The summed E-state index contributed by atoms with van der Waals surface area (Å²) in [4.78, 5) is 20.1. The van der Waals surface area contributed by atoms with Crippen molar-refractivity contribution in [3.8, 4) is 5.69 Å². The molecular weight excluding hydrogens is 302 g/mol. The third-order valence-corrected chi connectivity index (χ3v) is 3.90. The molecule has 0 spiro atoms. The summed E-state index contributed by atoms with van der Waals surface area (Å²) in [6.45, 7) is 1.88. The molecule has 0 amide bonds. The van der Waals surface area contributed by atoms with Gasteiger partial charge in [-0.2, -0.15) is 0 Å². The van der Waals surface area contributed by atoms with Crippen LogP contribution in [0.1, 0.15) is 5.56 Å². The smallest absolute Gasteiger partial charge is 0.336 e. The van der Waals surface area contributed by atoms with Crippen molar-refractivity contribution in [2.45, 2.75) is 6.92 Å². The lowest BCUT2D eigenvalue weighted by Crippen LogP contribution is -1.99. The Hall–Kier alpha value is -2.66. The first-order valence-electron chi connectivity index (χ1n) is 6.66. The fraction of sp³-hybridized carbons (Fsp3) is 0.0625. The zero-order valence-corrected chi connectivity index (χ0v) is 12.3. The lowest BCUT2D eigenvalue weighted by atomic mass is 10.1. The number of hydrogen-bond donors (Lipinski definition) is 0. The molecule has 0 unspecified atom stereocenters. The van der Waals surface area contributed by atoms with Gasteiger partial charge in [-0.25, -0.2) is 14.8 Å². The van der Waals surface area contributed by atoms with E-state index in [1.165, 1.54) is 6.07 Å². The molecule has 6 heteroatoms. The molecule has 4 rings (SSSR count). The predicted octanol–water partition coefficient (Wildman–Crippen LogP) is 3.49. The highest BCUT2D eigenvalue weighted by Gasteiger charge is 2.10. The Labute approximate surface area is 129 Å². The first kappa shape index (κ1) is 13.0. The molecule has 3 aromatic heterocycles. The minimum Gasteiger partial charge on any atom is -0.423 e. The van der Waals surface area contributed by atoms with Crippen molar-refractivity contribution in [2.75, 3.05) is 0 Å². The van der Waals surface area contributed by atoms with Crippen molar-refractivity contribution in [3.05, 3.63) is 63.9 Å². The zero-order chi connectivity index (χ0) is 15.3. The summed E-state index contributed by atoms with van der Waals surface area (Å²) < 4.78 is 7.09. The fourth-order valence-electron chi connectivity index (χ4n) is 2.54. The number of fused-ring (bicyclic) bond motifs is 2. The number of aryl methyl sites for hydroxylation is 1. The van der Waals surface area contributed by atoms with Crippen LogP contribution in [0.25, 0.3) is 27.8 Å². The van der Waals surface area contributed by atoms with E-state index >= 15 is 0 Å². The molecule has 5 nitrogen and oxygen atoms in total. The van der Waals surface area contributed by atoms with Crippen molar-refractivity contribution < 1.29 is 4.42 Å². The minimum atomic E-state index is -0.362. The van der Waals surface area contributed by atoms with Crippen molar-refractivity contribution in [3.63, 3.8) is 0 Å². The summed E-state index contributed by atoms with van der Waals surface area (Å²) in [6, 6.07) is 8.83. The van der Waals surface area contributed by atoms with Gasteiger partial charge in [0.05, 0.1) is 10.7 Å². The second-order valence-electron chi connectivity index (χ2n) is 5.01. The Bertz CT molecular complexity index is 1080. The lowest BCUT2D eigenvalue weighted by molar-refractivity contribution is 0.559. The van der Waals surface area contributed by atoms with Crippen LogP contribution in [0, 0.1) is 6.92 Å². The second kappa shape index (κ2) is 4.68. The average Bonchev–Trinajstić information content (AvgIpc) is 2.92. The highest BCUT2D eigenvalue weighted by atomic mass is 35.5. The monoisotopic (exact) mass is 311 g/mol. The Morgan fingerprint density at radius 1 is 1.18 bits per heavy atom. The Morgan fingerprint density at radius 2 is 2.05 bits per heavy atom. The molecule has 0 N–H and O–H groups in total. The van der Waals surface area contributed by atoms with Gasteiger partial charge < -0.3 is 4.42 Å². The minimum absolute atomic E-state index is 0.362. The molecule has 0 fully saturated rings. The van der Waals surface area contributed by atoms with Gasteiger partial charge in [0.1, 0.15) is 17.4 Å². The number of halogens is 1. The Balaban J connectivity index is 2.00. The van der Waals surface area contributed by atoms with Gasteiger partial charge in [0.2, 0.25) is 0 Å². The van der Waals surface area contributed by atoms with Gasteiger partial charge in [-0.05, 0) is 30.7 Å². The van der Waals surface area contributed by atoms with Crippen molar-refractivity contribution in [2.24, 2.45) is 0 Å². The van der Waals surface area contributed by atoms with Gasteiger partial charge in [-0.15, -0.1) is 0 Å². The lowest BCUT2D eigenvalue weighted by Gasteiger charge is -2.06. The largest absolute Gasteiger partial charge is 0.423 e. The first-order chi connectivity index (χ1) is 10.6. The van der Waals surface area contributed by atoms with E-state index in [0.29, 0.717) is 21.8 Å². The van der Waals surface area contributed by atoms with E-state index in [1.807, 2.05) is 23.6 Å². The number of rotatable bonds is 1. The molecule has 1 aromatic carbocycles. The zero-order valence-electron chi connectivity index (χ0n) is 11.6. The Morgan fingerprint density at radius 3 is 2.91 bits per heavy atom. The Kier molecular flexibility index (Phi) is 2.77. The molecule has 0 saturated carbocycles. The summed E-state index contributed by atoms with van der Waals surface area (Å²) >= 11 is 6.12. The average molecular weight is 312 g/mol. The van der Waals surface area contributed by atoms with Gasteiger partial charge in [0.15, 0.2) is 5.65 Å². The second-order valence-corrected chi connectivity index (χ2v) is 5.42. The standard InChI is InChI=1S/C16H10ClN3O2/c1-9-6-14(21)22-13-7-10(2-3-11(9)13)20-8-19-15-12(17)4-5-18-16(15)20/h2-8H,1H3. The van der Waals surface area contributed by atoms with Crippen molar-refractivity contribution >= 4 is 33.7 Å². The third kappa shape index (κ3) is 1.90. The van der Waals surface area contributed by atoms with E-state index in [-0.39, 0.29) is 5.63 Å². The van der Waals surface area contributed by atoms with Gasteiger partial charge in [0.25, 0.3) is 0 Å². The van der Waals surface area contributed by atoms with Gasteiger partial charge in [0, 0.05) is 23.7 Å². The highest BCUT2D eigenvalue weighted by Crippen LogP contribution is 2.25. The molecule has 0 radical (unpaired) electrons. The van der Waals surface area contributed by atoms with Crippen LogP contribution < -0.4 is 5.63 Å². The highest BCUT2D eigenvalue weighted by molar-refractivity contribution is 6.34. The van der Waals surface area contributed by atoms with E-state index in [9.17, 15) is 4.79 Å². The molecular formula is C16H10ClN3O2. The van der Waals surface area contributed by atoms with Crippen LogP contribution in [0.5, 0.6) is 0 Å². The van der Waals surface area contributed by atoms with E-state index in [2.05, 4.69) is 9.97 Å². The third-order valence-electron chi connectivity index (χ3n) is 3.60. The summed E-state index contributed by atoms with van der Waals surface area (Å²) in [6.07, 6.45) is 3.28. The maximum absolute atomic E-state index is 11.5. The molecule has 0 aliphatic heterocycles. The SMILES string of the molecule is Cc1cc(=O)oc2cc(-n3cnc4c(Cl)ccnc43)ccc12. The van der Waals surface area contributed by atoms with Gasteiger partial charge in [-0.1, -0.05) is 11.6 Å². The molecule has 0 bridgehead atoms. The fourth-order valence-corrected chi connectivity index (χ4v) is 2.73. The summed E-state index contributed by atoms with van der Waals surface area (Å²) in [7, 11) is 0. The topological polar surface area (TPSA) is 60.9 Å². The van der Waals surface area contributed by atoms with Crippen LogP contribution in [0.2, 0.25) is 5.02 Å².